The topological polar surface area (TPSA) is 99.2 Å². The first-order valence-electron chi connectivity index (χ1n) is 8.61. The summed E-state index contributed by atoms with van der Waals surface area (Å²) in [6.07, 6.45) is 3.10. The lowest BCUT2D eigenvalue weighted by Gasteiger charge is -2.19. The van der Waals surface area contributed by atoms with Crippen LogP contribution in [0.2, 0.25) is 0 Å². The van der Waals surface area contributed by atoms with E-state index < -0.39 is 11.8 Å². The number of aryl methyl sites for hydroxylation is 1. The van der Waals surface area contributed by atoms with Gasteiger partial charge in [-0.2, -0.15) is 5.26 Å². The number of amides is 2. The molecule has 6 nitrogen and oxygen atoms in total. The van der Waals surface area contributed by atoms with Gasteiger partial charge < -0.3 is 11.1 Å². The van der Waals surface area contributed by atoms with Crippen molar-refractivity contribution in [3.8, 4) is 6.07 Å². The Morgan fingerprint density at radius 2 is 1.81 bits per heavy atom. The van der Waals surface area contributed by atoms with Crippen LogP contribution in [0.25, 0.3) is 0 Å². The first-order chi connectivity index (χ1) is 13.0. The monoisotopic (exact) mass is 362 g/mol. The summed E-state index contributed by atoms with van der Waals surface area (Å²) >= 11 is 0. The number of nitrogens with one attached hydrogen (secondary N) is 1. The van der Waals surface area contributed by atoms with Crippen molar-refractivity contribution in [2.24, 2.45) is 0 Å². The zero-order valence-electron chi connectivity index (χ0n) is 15.2. The first kappa shape index (κ1) is 19.7. The summed E-state index contributed by atoms with van der Waals surface area (Å²) in [6.45, 7) is 1.88. The van der Waals surface area contributed by atoms with Crippen LogP contribution in [0.3, 0.4) is 0 Å². The lowest BCUT2D eigenvalue weighted by Crippen LogP contribution is -2.36. The summed E-state index contributed by atoms with van der Waals surface area (Å²) in [5.74, 6) is -1.15. The van der Waals surface area contributed by atoms with Crippen molar-refractivity contribution in [3.63, 3.8) is 0 Å². The van der Waals surface area contributed by atoms with Crippen molar-refractivity contribution in [2.75, 3.05) is 17.2 Å². The molecule has 2 amide bonds. The van der Waals surface area contributed by atoms with Crippen molar-refractivity contribution < 1.29 is 9.59 Å². The quantitative estimate of drug-likeness (QED) is 0.341. The maximum absolute atomic E-state index is 12.6. The minimum absolute atomic E-state index is 0.137. The molecule has 0 radical (unpaired) electrons. The first-order valence-corrected chi connectivity index (χ1v) is 8.61. The molecule has 3 N–H and O–H groups in total. The second kappa shape index (κ2) is 9.78. The van der Waals surface area contributed by atoms with E-state index >= 15 is 0 Å². The molecule has 0 spiro atoms. The highest BCUT2D eigenvalue weighted by molar-refractivity contribution is 6.21. The predicted molar refractivity (Wildman–Crippen MR) is 105 cm³/mol. The van der Waals surface area contributed by atoms with Gasteiger partial charge in [0.2, 0.25) is 5.91 Å². The molecule has 0 saturated heterocycles. The van der Waals surface area contributed by atoms with Gasteiger partial charge in [-0.3, -0.25) is 9.59 Å². The third-order valence-electron chi connectivity index (χ3n) is 3.90. The minimum atomic E-state index is -0.676. The second-order valence-corrected chi connectivity index (χ2v) is 5.96. The zero-order valence-corrected chi connectivity index (χ0v) is 15.2. The molecule has 0 bridgehead atoms. The number of nitrogens with two attached hydrogens (primary N) is 1. The van der Waals surface area contributed by atoms with Crippen molar-refractivity contribution >= 4 is 23.2 Å². The van der Waals surface area contributed by atoms with Gasteiger partial charge in [-0.05, 0) is 42.7 Å². The fourth-order valence-electron chi connectivity index (χ4n) is 2.54. The highest BCUT2D eigenvalue weighted by Gasteiger charge is 2.23. The lowest BCUT2D eigenvalue weighted by atomic mass is 10.1. The molecule has 2 aromatic carbocycles. The number of rotatable bonds is 7. The SMILES string of the molecule is CC(=O)N(C(=O)/C(C#N)=C\NCCCc1ccccc1)c1ccc(N)cc1. The van der Waals surface area contributed by atoms with Gasteiger partial charge in [0, 0.05) is 25.4 Å². The summed E-state index contributed by atoms with van der Waals surface area (Å²) in [5.41, 5.74) is 7.62. The van der Waals surface area contributed by atoms with Crippen LogP contribution in [-0.4, -0.2) is 18.4 Å². The standard InChI is InChI=1S/C21H22N4O2/c1-16(26)25(20-11-9-19(23)10-12-20)21(27)18(14-22)15-24-13-5-8-17-6-3-2-4-7-17/h2-4,6-7,9-12,15,24H,5,8,13,23H2,1H3/b18-15-. The average molecular weight is 362 g/mol. The number of nitrogens with zero attached hydrogens (tertiary/aromatic N) is 2. The normalized spacial score (nSPS) is 10.7. The van der Waals surface area contributed by atoms with Crippen LogP contribution in [0.1, 0.15) is 18.9 Å². The molecule has 0 aromatic heterocycles. The number of carbonyl (C=O) groups excluding carboxylic acids is 2. The highest BCUT2D eigenvalue weighted by atomic mass is 16.2. The Kier molecular flexibility index (Phi) is 7.15. The van der Waals surface area contributed by atoms with E-state index in [2.05, 4.69) is 17.4 Å². The molecular weight excluding hydrogens is 340 g/mol. The molecule has 6 heteroatoms. The summed E-state index contributed by atoms with van der Waals surface area (Å²) in [7, 11) is 0. The molecule has 138 valence electrons. The maximum Gasteiger partial charge on any atom is 0.277 e. The Bertz CT molecular complexity index is 852. The number of nitriles is 1. The van der Waals surface area contributed by atoms with Crippen LogP contribution in [0.5, 0.6) is 0 Å². The largest absolute Gasteiger partial charge is 0.399 e. The smallest absolute Gasteiger partial charge is 0.277 e. The van der Waals surface area contributed by atoms with E-state index in [1.54, 1.807) is 24.3 Å². The highest BCUT2D eigenvalue weighted by Crippen LogP contribution is 2.18. The Morgan fingerprint density at radius 1 is 1.15 bits per heavy atom. The van der Waals surface area contributed by atoms with Crippen molar-refractivity contribution in [1.82, 2.24) is 5.32 Å². The van der Waals surface area contributed by atoms with Crippen molar-refractivity contribution in [2.45, 2.75) is 19.8 Å². The van der Waals surface area contributed by atoms with E-state index in [1.165, 1.54) is 18.7 Å². The number of imide groups is 1. The van der Waals surface area contributed by atoms with E-state index in [4.69, 9.17) is 5.73 Å². The van der Waals surface area contributed by atoms with Gasteiger partial charge in [0.25, 0.3) is 5.91 Å². The minimum Gasteiger partial charge on any atom is -0.399 e. The number of hydrogen-bond donors (Lipinski definition) is 2. The second-order valence-electron chi connectivity index (χ2n) is 5.96. The van der Waals surface area contributed by atoms with Crippen LogP contribution in [0.4, 0.5) is 11.4 Å². The van der Waals surface area contributed by atoms with Gasteiger partial charge in [-0.15, -0.1) is 0 Å². The summed E-state index contributed by atoms with van der Waals surface area (Å²) < 4.78 is 0. The van der Waals surface area contributed by atoms with Gasteiger partial charge in [0.05, 0.1) is 5.69 Å². The van der Waals surface area contributed by atoms with Gasteiger partial charge in [0.1, 0.15) is 11.6 Å². The van der Waals surface area contributed by atoms with E-state index in [-0.39, 0.29) is 5.57 Å². The Hall–Kier alpha value is -3.59. The van der Waals surface area contributed by atoms with Gasteiger partial charge >= 0.3 is 0 Å². The molecule has 0 saturated carbocycles. The summed E-state index contributed by atoms with van der Waals surface area (Å²) in [4.78, 5) is 25.5. The van der Waals surface area contributed by atoms with Crippen LogP contribution in [-0.2, 0) is 16.0 Å². The number of anilines is 2. The van der Waals surface area contributed by atoms with Crippen molar-refractivity contribution in [3.05, 3.63) is 71.9 Å². The van der Waals surface area contributed by atoms with Gasteiger partial charge in [0.15, 0.2) is 0 Å². The third kappa shape index (κ3) is 5.72. The third-order valence-corrected chi connectivity index (χ3v) is 3.90. The van der Waals surface area contributed by atoms with Crippen LogP contribution >= 0.6 is 0 Å². The van der Waals surface area contributed by atoms with E-state index in [0.29, 0.717) is 17.9 Å². The molecule has 0 aliphatic rings. The molecule has 2 aromatic rings. The average Bonchev–Trinajstić information content (AvgIpc) is 2.67. The molecule has 2 rings (SSSR count). The summed E-state index contributed by atoms with van der Waals surface area (Å²) in [5, 5.41) is 12.3. The molecule has 0 fully saturated rings. The molecule has 0 heterocycles. The van der Waals surface area contributed by atoms with Crippen LogP contribution in [0, 0.1) is 11.3 Å². The van der Waals surface area contributed by atoms with Gasteiger partial charge in [-0.1, -0.05) is 30.3 Å². The molecule has 0 aliphatic heterocycles. The molecule has 0 unspecified atom stereocenters. The maximum atomic E-state index is 12.6. The fourth-order valence-corrected chi connectivity index (χ4v) is 2.54. The van der Waals surface area contributed by atoms with Crippen LogP contribution in [0.15, 0.2) is 66.4 Å². The Labute approximate surface area is 158 Å². The lowest BCUT2D eigenvalue weighted by molar-refractivity contribution is -0.123. The van der Waals surface area contributed by atoms with Crippen LogP contribution < -0.4 is 16.0 Å². The molecular formula is C21H22N4O2. The number of carbonyl (C=O) groups is 2. The van der Waals surface area contributed by atoms with E-state index in [9.17, 15) is 14.9 Å². The van der Waals surface area contributed by atoms with E-state index in [1.807, 2.05) is 24.3 Å². The molecule has 27 heavy (non-hydrogen) atoms. The van der Waals surface area contributed by atoms with Gasteiger partial charge in [-0.25, -0.2) is 4.90 Å². The Morgan fingerprint density at radius 3 is 2.41 bits per heavy atom. The predicted octanol–water partition coefficient (Wildman–Crippen LogP) is 2.78. The zero-order chi connectivity index (χ0) is 19.6. The number of benzene rings is 2. The number of nitrogen functional groups attached to an aromatic ring is 1. The van der Waals surface area contributed by atoms with E-state index in [0.717, 1.165) is 17.7 Å². The number of hydrogen-bond acceptors (Lipinski definition) is 5. The molecule has 0 aliphatic carbocycles. The molecule has 0 atom stereocenters. The Balaban J connectivity index is 1.99. The summed E-state index contributed by atoms with van der Waals surface area (Å²) in [6, 6.07) is 18.2. The fraction of sp³-hybridized carbons (Fsp3) is 0.190. The van der Waals surface area contributed by atoms with Crippen molar-refractivity contribution in [1.29, 1.82) is 5.26 Å².